The van der Waals surface area contributed by atoms with Crippen LogP contribution in [0.1, 0.15) is 24.2 Å². The molecule has 0 saturated carbocycles. The van der Waals surface area contributed by atoms with Crippen molar-refractivity contribution in [3.8, 4) is 5.75 Å². The van der Waals surface area contributed by atoms with E-state index in [0.717, 1.165) is 5.56 Å². The minimum absolute atomic E-state index is 0.272. The third-order valence-corrected chi connectivity index (χ3v) is 3.47. The fourth-order valence-corrected chi connectivity index (χ4v) is 2.19. The van der Waals surface area contributed by atoms with Gasteiger partial charge in [-0.2, -0.15) is 0 Å². The quantitative estimate of drug-likeness (QED) is 0.820. The predicted octanol–water partition coefficient (Wildman–Crippen LogP) is 3.06. The molecule has 0 saturated heterocycles. The van der Waals surface area contributed by atoms with Gasteiger partial charge in [0.1, 0.15) is 5.75 Å². The van der Waals surface area contributed by atoms with Crippen molar-refractivity contribution in [1.29, 1.82) is 0 Å². The van der Waals surface area contributed by atoms with Crippen LogP contribution in [0.5, 0.6) is 5.75 Å². The number of halogens is 3. The highest BCUT2D eigenvalue weighted by Gasteiger charge is 2.31. The molecule has 1 aromatic carbocycles. The van der Waals surface area contributed by atoms with Crippen molar-refractivity contribution in [3.05, 3.63) is 58.5 Å². The Morgan fingerprint density at radius 2 is 1.92 bits per heavy atom. The lowest BCUT2D eigenvalue weighted by molar-refractivity contribution is -0.274. The van der Waals surface area contributed by atoms with Gasteiger partial charge < -0.3 is 15.0 Å². The molecule has 2 N–H and O–H groups in total. The molecule has 9 heteroatoms. The van der Waals surface area contributed by atoms with Crippen LogP contribution in [0.3, 0.4) is 0 Å². The normalized spacial score (nSPS) is 12.4. The van der Waals surface area contributed by atoms with Gasteiger partial charge in [-0.3, -0.25) is 9.78 Å². The zero-order valence-corrected chi connectivity index (χ0v) is 14.5. The molecule has 0 aliphatic carbocycles. The maximum Gasteiger partial charge on any atom is 0.573 e. The summed E-state index contributed by atoms with van der Waals surface area (Å²) in [6.07, 6.45) is -4.73. The van der Waals surface area contributed by atoms with E-state index in [2.05, 4.69) is 26.6 Å². The van der Waals surface area contributed by atoms with E-state index < -0.39 is 6.36 Å². The van der Waals surface area contributed by atoms with Gasteiger partial charge in [0, 0.05) is 26.2 Å². The predicted molar refractivity (Wildman–Crippen MR) is 92.9 cm³/mol. The highest BCUT2D eigenvalue weighted by Crippen LogP contribution is 2.25. The average molecular weight is 368 g/mol. The van der Waals surface area contributed by atoms with E-state index in [9.17, 15) is 18.0 Å². The first kappa shape index (κ1) is 19.4. The number of rotatable bonds is 6. The standard InChI is InChI=1S/C17H19F3N4O2/c1-10(12-5-7-13(8-6-12)26-17(18,19)20)21-11(2)14-9-15(25)23-16(22-14)24(3)4/h5-10,21H,2H2,1,3-4H3,(H,22,23,25)/t10-/m1/s1. The van der Waals surface area contributed by atoms with E-state index in [4.69, 9.17) is 0 Å². The Kier molecular flexibility index (Phi) is 5.59. The minimum atomic E-state index is -4.73. The zero-order chi connectivity index (χ0) is 19.5. The summed E-state index contributed by atoms with van der Waals surface area (Å²) in [4.78, 5) is 20.3. The van der Waals surface area contributed by atoms with Crippen molar-refractivity contribution < 1.29 is 17.9 Å². The number of aromatic amines is 1. The van der Waals surface area contributed by atoms with Crippen molar-refractivity contribution in [3.63, 3.8) is 0 Å². The molecule has 2 rings (SSSR count). The van der Waals surface area contributed by atoms with Crippen molar-refractivity contribution in [1.82, 2.24) is 15.3 Å². The van der Waals surface area contributed by atoms with Crippen molar-refractivity contribution >= 4 is 11.6 Å². The Morgan fingerprint density at radius 1 is 1.31 bits per heavy atom. The Labute approximate surface area is 148 Å². The Hall–Kier alpha value is -2.97. The molecule has 0 unspecified atom stereocenters. The second-order valence-corrected chi connectivity index (χ2v) is 5.81. The first-order chi connectivity index (χ1) is 12.0. The van der Waals surface area contributed by atoms with Crippen LogP contribution in [0.25, 0.3) is 5.70 Å². The summed E-state index contributed by atoms with van der Waals surface area (Å²) in [5, 5.41) is 3.08. The van der Waals surface area contributed by atoms with Gasteiger partial charge in [0.2, 0.25) is 5.95 Å². The van der Waals surface area contributed by atoms with E-state index in [0.29, 0.717) is 17.3 Å². The van der Waals surface area contributed by atoms with Gasteiger partial charge in [-0.25, -0.2) is 4.98 Å². The molecule has 0 radical (unpaired) electrons. The van der Waals surface area contributed by atoms with Crippen molar-refractivity contribution in [2.75, 3.05) is 19.0 Å². The second-order valence-electron chi connectivity index (χ2n) is 5.81. The van der Waals surface area contributed by atoms with Crippen LogP contribution < -0.4 is 20.5 Å². The monoisotopic (exact) mass is 368 g/mol. The zero-order valence-electron chi connectivity index (χ0n) is 14.5. The summed E-state index contributed by atoms with van der Waals surface area (Å²) in [7, 11) is 3.48. The van der Waals surface area contributed by atoms with Crippen molar-refractivity contribution in [2.45, 2.75) is 19.3 Å². The number of nitrogens with one attached hydrogen (secondary N) is 2. The lowest BCUT2D eigenvalue weighted by atomic mass is 10.1. The first-order valence-electron chi connectivity index (χ1n) is 7.65. The number of anilines is 1. The van der Waals surface area contributed by atoms with Gasteiger partial charge >= 0.3 is 6.36 Å². The van der Waals surface area contributed by atoms with Crippen LogP contribution in [-0.4, -0.2) is 30.4 Å². The molecular formula is C17H19F3N4O2. The first-order valence-corrected chi connectivity index (χ1v) is 7.65. The number of hydrogen-bond acceptors (Lipinski definition) is 5. The molecule has 0 bridgehead atoms. The maximum atomic E-state index is 12.2. The summed E-state index contributed by atoms with van der Waals surface area (Å²) in [6, 6.07) is 6.55. The number of aromatic nitrogens is 2. The van der Waals surface area contributed by atoms with Crippen molar-refractivity contribution in [2.24, 2.45) is 0 Å². The lowest BCUT2D eigenvalue weighted by Crippen LogP contribution is -2.22. The molecule has 140 valence electrons. The average Bonchev–Trinajstić information content (AvgIpc) is 2.53. The van der Waals surface area contributed by atoms with E-state index in [-0.39, 0.29) is 17.4 Å². The van der Waals surface area contributed by atoms with Gasteiger partial charge in [-0.15, -0.1) is 13.2 Å². The van der Waals surface area contributed by atoms with Crippen LogP contribution in [0.4, 0.5) is 19.1 Å². The molecule has 1 heterocycles. The van der Waals surface area contributed by atoms with Crippen LogP contribution in [-0.2, 0) is 0 Å². The molecule has 0 aliphatic rings. The van der Waals surface area contributed by atoms with E-state index in [1.54, 1.807) is 19.0 Å². The molecular weight excluding hydrogens is 349 g/mol. The van der Waals surface area contributed by atoms with E-state index in [1.807, 2.05) is 6.92 Å². The summed E-state index contributed by atoms with van der Waals surface area (Å²) in [5.74, 6) is 0.0934. The number of ether oxygens (including phenoxy) is 1. The highest BCUT2D eigenvalue weighted by atomic mass is 19.4. The highest BCUT2D eigenvalue weighted by molar-refractivity contribution is 5.59. The Morgan fingerprint density at radius 3 is 2.46 bits per heavy atom. The van der Waals surface area contributed by atoms with Gasteiger partial charge in [0.15, 0.2) is 0 Å². The summed E-state index contributed by atoms with van der Waals surface area (Å²) in [6.45, 7) is 5.69. The van der Waals surface area contributed by atoms with Crippen LogP contribution in [0.2, 0.25) is 0 Å². The largest absolute Gasteiger partial charge is 0.573 e. The van der Waals surface area contributed by atoms with Gasteiger partial charge in [0.25, 0.3) is 5.56 Å². The number of nitrogens with zero attached hydrogens (tertiary/aromatic N) is 2. The molecule has 1 aromatic heterocycles. The second kappa shape index (κ2) is 7.51. The molecule has 0 aliphatic heterocycles. The third kappa shape index (κ3) is 5.27. The summed E-state index contributed by atoms with van der Waals surface area (Å²) >= 11 is 0. The Bertz CT molecular complexity index is 829. The topological polar surface area (TPSA) is 70.2 Å². The number of benzene rings is 1. The molecule has 6 nitrogen and oxygen atoms in total. The fraction of sp³-hybridized carbons (Fsp3) is 0.294. The molecule has 0 fully saturated rings. The number of H-pyrrole nitrogens is 1. The van der Waals surface area contributed by atoms with Crippen LogP contribution >= 0.6 is 0 Å². The Balaban J connectivity index is 2.11. The fourth-order valence-electron chi connectivity index (χ4n) is 2.19. The minimum Gasteiger partial charge on any atom is -0.406 e. The summed E-state index contributed by atoms with van der Waals surface area (Å²) < 4.78 is 40.4. The van der Waals surface area contributed by atoms with Gasteiger partial charge in [0.05, 0.1) is 11.4 Å². The SMILES string of the molecule is C=C(N[C@H](C)c1ccc(OC(F)(F)F)cc1)c1cc(=O)[nH]c(N(C)C)n1. The van der Waals surface area contributed by atoms with E-state index in [1.165, 1.54) is 30.3 Å². The van der Waals surface area contributed by atoms with Crippen LogP contribution in [0, 0.1) is 0 Å². The third-order valence-electron chi connectivity index (χ3n) is 3.47. The van der Waals surface area contributed by atoms with Crippen LogP contribution in [0.15, 0.2) is 41.7 Å². The smallest absolute Gasteiger partial charge is 0.406 e. The molecule has 0 amide bonds. The maximum absolute atomic E-state index is 12.2. The lowest BCUT2D eigenvalue weighted by Gasteiger charge is -2.19. The number of hydrogen-bond donors (Lipinski definition) is 2. The molecule has 2 aromatic rings. The molecule has 26 heavy (non-hydrogen) atoms. The summed E-state index contributed by atoms with van der Waals surface area (Å²) in [5.41, 5.74) is 1.20. The molecule has 0 spiro atoms. The van der Waals surface area contributed by atoms with Gasteiger partial charge in [-0.05, 0) is 24.6 Å². The molecule has 1 atom stereocenters. The van der Waals surface area contributed by atoms with E-state index >= 15 is 0 Å². The van der Waals surface area contributed by atoms with Gasteiger partial charge in [-0.1, -0.05) is 18.7 Å². The number of alkyl halides is 3.